The van der Waals surface area contributed by atoms with Crippen molar-refractivity contribution in [2.24, 2.45) is 40.9 Å². The van der Waals surface area contributed by atoms with E-state index in [4.69, 9.17) is 9.47 Å². The van der Waals surface area contributed by atoms with Gasteiger partial charge in [-0.1, -0.05) is 65.0 Å². The zero-order valence-electron chi connectivity index (χ0n) is 17.4. The molecule has 1 aromatic carbocycles. The van der Waals surface area contributed by atoms with Crippen LogP contribution in [0.1, 0.15) is 46.6 Å². The second-order valence-corrected chi connectivity index (χ2v) is 9.37. The van der Waals surface area contributed by atoms with E-state index < -0.39 is 0 Å². The second-order valence-electron chi connectivity index (χ2n) is 9.37. The molecule has 4 rings (SSSR count). The SMILES string of the molecule is CCC1C(=O)C2C3OC3C(C)C(COCc3ccccc3)C2(C(C)C)C1C. The second kappa shape index (κ2) is 7.00. The van der Waals surface area contributed by atoms with Crippen molar-refractivity contribution in [1.29, 1.82) is 0 Å². The van der Waals surface area contributed by atoms with Gasteiger partial charge in [0.15, 0.2) is 0 Å². The summed E-state index contributed by atoms with van der Waals surface area (Å²) >= 11 is 0. The minimum absolute atomic E-state index is 0.00840. The lowest BCUT2D eigenvalue weighted by molar-refractivity contribution is -0.131. The molecule has 8 unspecified atom stereocenters. The number of Topliss-reactive ketones (excluding diaryl/α,β-unsaturated/α-hetero) is 1. The number of ether oxygens (including phenoxy) is 2. The molecule has 3 aliphatic rings. The van der Waals surface area contributed by atoms with Gasteiger partial charge in [0.2, 0.25) is 0 Å². The van der Waals surface area contributed by atoms with Crippen molar-refractivity contribution in [2.45, 2.75) is 59.9 Å². The molecule has 0 spiro atoms. The zero-order valence-corrected chi connectivity index (χ0v) is 17.4. The van der Waals surface area contributed by atoms with Crippen molar-refractivity contribution >= 4 is 5.78 Å². The molecule has 148 valence electrons. The number of ketones is 1. The number of hydrogen-bond donors (Lipinski definition) is 0. The van der Waals surface area contributed by atoms with Crippen LogP contribution >= 0.6 is 0 Å². The monoisotopic (exact) mass is 370 g/mol. The van der Waals surface area contributed by atoms with Crippen molar-refractivity contribution in [3.05, 3.63) is 35.9 Å². The molecule has 0 radical (unpaired) electrons. The summed E-state index contributed by atoms with van der Waals surface area (Å²) in [6, 6.07) is 10.4. The van der Waals surface area contributed by atoms with Crippen LogP contribution in [0, 0.1) is 40.9 Å². The quantitative estimate of drug-likeness (QED) is 0.679. The Balaban J connectivity index is 1.63. The fourth-order valence-corrected chi connectivity index (χ4v) is 6.92. The lowest BCUT2D eigenvalue weighted by Crippen LogP contribution is -2.54. The van der Waals surface area contributed by atoms with Gasteiger partial charge in [-0.15, -0.1) is 0 Å². The van der Waals surface area contributed by atoms with Gasteiger partial charge in [0.25, 0.3) is 0 Å². The van der Waals surface area contributed by atoms with Crippen LogP contribution in [0.3, 0.4) is 0 Å². The molecule has 1 heterocycles. The normalized spacial score (nSPS) is 42.9. The van der Waals surface area contributed by atoms with Crippen molar-refractivity contribution < 1.29 is 14.3 Å². The highest BCUT2D eigenvalue weighted by atomic mass is 16.6. The van der Waals surface area contributed by atoms with Gasteiger partial charge < -0.3 is 9.47 Å². The number of hydrogen-bond acceptors (Lipinski definition) is 3. The molecule has 1 aromatic rings. The van der Waals surface area contributed by atoms with Gasteiger partial charge in [0.05, 0.1) is 31.3 Å². The summed E-state index contributed by atoms with van der Waals surface area (Å²) in [4.78, 5) is 13.4. The van der Waals surface area contributed by atoms with E-state index in [1.807, 2.05) is 6.07 Å². The van der Waals surface area contributed by atoms with Crippen LogP contribution in [0.2, 0.25) is 0 Å². The van der Waals surface area contributed by atoms with Gasteiger partial charge in [-0.2, -0.15) is 0 Å². The van der Waals surface area contributed by atoms with E-state index in [9.17, 15) is 4.79 Å². The number of rotatable bonds is 6. The fourth-order valence-electron chi connectivity index (χ4n) is 6.92. The predicted molar refractivity (Wildman–Crippen MR) is 106 cm³/mol. The molecule has 0 aromatic heterocycles. The number of carbonyl (C=O) groups excluding carboxylic acids is 1. The molecular weight excluding hydrogens is 336 g/mol. The molecule has 3 fully saturated rings. The first-order valence-corrected chi connectivity index (χ1v) is 10.7. The Morgan fingerprint density at radius 1 is 1.15 bits per heavy atom. The van der Waals surface area contributed by atoms with Crippen molar-refractivity contribution in [3.63, 3.8) is 0 Å². The lowest BCUT2D eigenvalue weighted by atomic mass is 9.50. The van der Waals surface area contributed by atoms with Crippen LogP contribution in [-0.2, 0) is 20.9 Å². The maximum atomic E-state index is 13.4. The number of epoxide rings is 1. The molecule has 1 saturated heterocycles. The molecule has 2 saturated carbocycles. The van der Waals surface area contributed by atoms with Gasteiger partial charge in [-0.05, 0) is 41.1 Å². The van der Waals surface area contributed by atoms with Crippen molar-refractivity contribution in [2.75, 3.05) is 6.61 Å². The third-order valence-corrected chi connectivity index (χ3v) is 8.14. The first-order valence-electron chi connectivity index (χ1n) is 10.7. The first-order chi connectivity index (χ1) is 12.9. The van der Waals surface area contributed by atoms with Crippen LogP contribution in [0.4, 0.5) is 0 Å². The van der Waals surface area contributed by atoms with E-state index in [1.54, 1.807) is 0 Å². The predicted octanol–water partition coefficient (Wildman–Crippen LogP) is 4.74. The summed E-state index contributed by atoms with van der Waals surface area (Å²) < 4.78 is 12.4. The van der Waals surface area contributed by atoms with E-state index in [-0.39, 0.29) is 29.5 Å². The summed E-state index contributed by atoms with van der Waals surface area (Å²) in [7, 11) is 0. The van der Waals surface area contributed by atoms with E-state index in [0.717, 1.165) is 6.42 Å². The van der Waals surface area contributed by atoms with E-state index in [0.29, 0.717) is 42.7 Å². The molecular formula is C24H34O3. The molecule has 8 atom stereocenters. The Labute approximate surface area is 163 Å². The van der Waals surface area contributed by atoms with Crippen molar-refractivity contribution in [1.82, 2.24) is 0 Å². The summed E-state index contributed by atoms with van der Waals surface area (Å²) in [5, 5.41) is 0. The van der Waals surface area contributed by atoms with Crippen molar-refractivity contribution in [3.8, 4) is 0 Å². The smallest absolute Gasteiger partial charge is 0.142 e. The van der Waals surface area contributed by atoms with Crippen LogP contribution in [0.25, 0.3) is 0 Å². The Kier molecular flexibility index (Phi) is 4.97. The molecule has 0 amide bonds. The van der Waals surface area contributed by atoms with Gasteiger partial charge in [-0.3, -0.25) is 4.79 Å². The molecule has 1 aliphatic heterocycles. The lowest BCUT2D eigenvalue weighted by Gasteiger charge is -2.52. The zero-order chi connectivity index (χ0) is 19.3. The van der Waals surface area contributed by atoms with E-state index in [1.165, 1.54) is 5.56 Å². The molecule has 3 heteroatoms. The maximum Gasteiger partial charge on any atom is 0.142 e. The van der Waals surface area contributed by atoms with E-state index in [2.05, 4.69) is 58.9 Å². The Morgan fingerprint density at radius 3 is 2.48 bits per heavy atom. The Bertz CT molecular complexity index is 684. The Morgan fingerprint density at radius 2 is 1.85 bits per heavy atom. The number of fused-ring (bicyclic) bond motifs is 3. The van der Waals surface area contributed by atoms with Crippen LogP contribution < -0.4 is 0 Å². The molecule has 0 bridgehead atoms. The summed E-state index contributed by atoms with van der Waals surface area (Å²) in [6.45, 7) is 12.8. The average Bonchev–Trinajstić information content (AvgIpc) is 3.40. The van der Waals surface area contributed by atoms with Crippen LogP contribution in [0.15, 0.2) is 30.3 Å². The first kappa shape index (κ1) is 19.1. The average molecular weight is 371 g/mol. The Hall–Kier alpha value is -1.19. The molecule has 27 heavy (non-hydrogen) atoms. The van der Waals surface area contributed by atoms with Gasteiger partial charge in [0, 0.05) is 5.92 Å². The van der Waals surface area contributed by atoms with Crippen LogP contribution in [0.5, 0.6) is 0 Å². The topological polar surface area (TPSA) is 38.8 Å². The maximum absolute atomic E-state index is 13.4. The highest BCUT2D eigenvalue weighted by Gasteiger charge is 2.73. The highest BCUT2D eigenvalue weighted by Crippen LogP contribution is 2.68. The summed E-state index contributed by atoms with van der Waals surface area (Å²) in [5.41, 5.74) is 1.20. The highest BCUT2D eigenvalue weighted by molar-refractivity contribution is 5.88. The van der Waals surface area contributed by atoms with Gasteiger partial charge >= 0.3 is 0 Å². The molecule has 0 N–H and O–H groups in total. The largest absolute Gasteiger partial charge is 0.376 e. The minimum atomic E-state index is -0.00840. The summed E-state index contributed by atoms with van der Waals surface area (Å²) in [6.07, 6.45) is 1.34. The number of benzene rings is 1. The van der Waals surface area contributed by atoms with Crippen LogP contribution in [-0.4, -0.2) is 24.6 Å². The summed E-state index contributed by atoms with van der Waals surface area (Å²) in [5.74, 6) is 2.33. The van der Waals surface area contributed by atoms with E-state index >= 15 is 0 Å². The minimum Gasteiger partial charge on any atom is -0.376 e. The standard InChI is InChI=1S/C24H34O3/c1-6-18-16(5)24(14(2)3)19(13-26-12-17-10-8-7-9-11-17)15(4)22-23(27-22)20(24)21(18)25/h7-11,14-16,18-20,22-23H,6,12-13H2,1-5H3. The number of carbonyl (C=O) groups is 1. The third-order valence-electron chi connectivity index (χ3n) is 8.14. The molecule has 2 aliphatic carbocycles. The third kappa shape index (κ3) is 2.73. The van der Waals surface area contributed by atoms with Gasteiger partial charge in [-0.25, -0.2) is 0 Å². The fraction of sp³-hybridized carbons (Fsp3) is 0.708. The van der Waals surface area contributed by atoms with Gasteiger partial charge in [0.1, 0.15) is 5.78 Å². The molecule has 3 nitrogen and oxygen atoms in total.